The lowest BCUT2D eigenvalue weighted by molar-refractivity contribution is -0.123. The highest BCUT2D eigenvalue weighted by Crippen LogP contribution is 2.39. The molecule has 1 amide bonds. The molecule has 0 saturated heterocycles. The molecule has 39 heavy (non-hydrogen) atoms. The number of ether oxygens (including phenoxy) is 3. The Bertz CT molecular complexity index is 1720. The Morgan fingerprint density at radius 2 is 1.85 bits per heavy atom. The lowest BCUT2D eigenvalue weighted by Gasteiger charge is -2.17. The minimum Gasteiger partial charge on any atom is -0.454 e. The van der Waals surface area contributed by atoms with Gasteiger partial charge in [-0.2, -0.15) is 5.26 Å². The van der Waals surface area contributed by atoms with Gasteiger partial charge in [0, 0.05) is 5.39 Å². The molecular formula is C31H23N3O5. The van der Waals surface area contributed by atoms with Crippen molar-refractivity contribution in [2.75, 3.05) is 12.1 Å². The van der Waals surface area contributed by atoms with Crippen molar-refractivity contribution in [2.24, 2.45) is 0 Å². The van der Waals surface area contributed by atoms with E-state index < -0.39 is 18.0 Å². The van der Waals surface area contributed by atoms with Gasteiger partial charge in [-0.25, -0.2) is 9.78 Å². The SMILES string of the molecule is C[C@@H](OC(=O)c1c2c(nc3ccccc13)/C(=C/c1ccc3c(c1)OCO3)CC2)C(=O)Nc1ccccc1C#N. The Hall–Kier alpha value is -5.16. The standard InChI is InChI=1S/C31H23N3O5/c1-18(30(35)34-24-8-4-2-6-21(24)16-32)39-31(36)28-22-7-3-5-9-25(22)33-29-20(11-12-23(28)29)14-19-10-13-26-27(15-19)38-17-37-26/h2-10,13-15,18H,11-12,17H2,1H3,(H,34,35)/b20-14+/t18-/m1/s1. The number of esters is 1. The summed E-state index contributed by atoms with van der Waals surface area (Å²) < 4.78 is 16.6. The number of para-hydroxylation sites is 2. The topological polar surface area (TPSA) is 111 Å². The second-order valence-corrected chi connectivity index (χ2v) is 9.31. The molecule has 6 rings (SSSR count). The number of nitriles is 1. The molecule has 2 aliphatic rings. The second-order valence-electron chi connectivity index (χ2n) is 9.31. The predicted molar refractivity (Wildman–Crippen MR) is 145 cm³/mol. The van der Waals surface area contributed by atoms with Crippen molar-refractivity contribution >= 4 is 40.1 Å². The van der Waals surface area contributed by atoms with E-state index in [4.69, 9.17) is 19.2 Å². The normalized spacial score (nSPS) is 15.0. The summed E-state index contributed by atoms with van der Waals surface area (Å²) in [6.07, 6.45) is 2.28. The quantitative estimate of drug-likeness (QED) is 0.348. The molecule has 2 heterocycles. The number of allylic oxidation sites excluding steroid dienone is 1. The number of fused-ring (bicyclic) bond motifs is 3. The molecule has 1 aliphatic heterocycles. The molecule has 8 heteroatoms. The summed E-state index contributed by atoms with van der Waals surface area (Å²) in [7, 11) is 0. The van der Waals surface area contributed by atoms with E-state index in [2.05, 4.69) is 5.32 Å². The number of nitrogens with zero attached hydrogens (tertiary/aromatic N) is 2. The van der Waals surface area contributed by atoms with Crippen LogP contribution >= 0.6 is 0 Å². The van der Waals surface area contributed by atoms with Crippen LogP contribution in [0.5, 0.6) is 11.5 Å². The smallest absolute Gasteiger partial charge is 0.339 e. The highest BCUT2D eigenvalue weighted by Gasteiger charge is 2.29. The van der Waals surface area contributed by atoms with Gasteiger partial charge in [0.2, 0.25) is 6.79 Å². The van der Waals surface area contributed by atoms with E-state index in [1.807, 2.05) is 54.6 Å². The largest absolute Gasteiger partial charge is 0.454 e. The summed E-state index contributed by atoms with van der Waals surface area (Å²) >= 11 is 0. The highest BCUT2D eigenvalue weighted by atomic mass is 16.7. The van der Waals surface area contributed by atoms with Gasteiger partial charge in [-0.1, -0.05) is 36.4 Å². The van der Waals surface area contributed by atoms with Gasteiger partial charge in [0.15, 0.2) is 17.6 Å². The summed E-state index contributed by atoms with van der Waals surface area (Å²) in [6.45, 7) is 1.72. The fourth-order valence-electron chi connectivity index (χ4n) is 4.91. The first kappa shape index (κ1) is 24.2. The molecule has 192 valence electrons. The fraction of sp³-hybridized carbons (Fsp3) is 0.161. The average Bonchev–Trinajstić information content (AvgIpc) is 3.58. The third kappa shape index (κ3) is 4.55. The number of hydrogen-bond acceptors (Lipinski definition) is 7. The number of anilines is 1. The molecule has 0 radical (unpaired) electrons. The molecule has 1 aliphatic carbocycles. The summed E-state index contributed by atoms with van der Waals surface area (Å²) in [6, 6.07) is 21.9. The number of nitrogens with one attached hydrogen (secondary N) is 1. The van der Waals surface area contributed by atoms with Gasteiger partial charge in [0.25, 0.3) is 5.91 Å². The van der Waals surface area contributed by atoms with E-state index in [1.165, 1.54) is 6.92 Å². The number of aromatic nitrogens is 1. The number of rotatable bonds is 5. The van der Waals surface area contributed by atoms with Gasteiger partial charge in [-0.05, 0) is 72.9 Å². The van der Waals surface area contributed by atoms with Gasteiger partial charge in [0.1, 0.15) is 6.07 Å². The summed E-state index contributed by atoms with van der Waals surface area (Å²) in [4.78, 5) is 31.3. The molecule has 0 fully saturated rings. The van der Waals surface area contributed by atoms with E-state index in [9.17, 15) is 14.9 Å². The molecule has 3 aromatic carbocycles. The van der Waals surface area contributed by atoms with Crippen LogP contribution in [0.3, 0.4) is 0 Å². The van der Waals surface area contributed by atoms with E-state index in [0.717, 1.165) is 22.4 Å². The van der Waals surface area contributed by atoms with Crippen LogP contribution in [0.25, 0.3) is 22.6 Å². The number of carbonyl (C=O) groups is 2. The lowest BCUT2D eigenvalue weighted by Crippen LogP contribution is -2.30. The predicted octanol–water partition coefficient (Wildman–Crippen LogP) is 5.51. The first-order chi connectivity index (χ1) is 19.0. The molecule has 1 aromatic heterocycles. The first-order valence-electron chi connectivity index (χ1n) is 12.5. The summed E-state index contributed by atoms with van der Waals surface area (Å²) in [5, 5.41) is 12.7. The zero-order valence-corrected chi connectivity index (χ0v) is 21.1. The molecule has 4 aromatic rings. The van der Waals surface area contributed by atoms with Crippen LogP contribution in [0.1, 0.15) is 46.1 Å². The zero-order valence-electron chi connectivity index (χ0n) is 21.1. The van der Waals surface area contributed by atoms with Crippen molar-refractivity contribution < 1.29 is 23.8 Å². The summed E-state index contributed by atoms with van der Waals surface area (Å²) in [5.74, 6) is 0.296. The van der Waals surface area contributed by atoms with E-state index in [1.54, 1.807) is 24.3 Å². The Morgan fingerprint density at radius 1 is 1.05 bits per heavy atom. The van der Waals surface area contributed by atoms with Crippen LogP contribution in [0.2, 0.25) is 0 Å². The number of benzene rings is 3. The first-order valence-corrected chi connectivity index (χ1v) is 12.5. The van der Waals surface area contributed by atoms with Crippen LogP contribution < -0.4 is 14.8 Å². The van der Waals surface area contributed by atoms with Crippen LogP contribution in [-0.2, 0) is 16.0 Å². The van der Waals surface area contributed by atoms with Crippen molar-refractivity contribution in [1.29, 1.82) is 5.26 Å². The average molecular weight is 518 g/mol. The maximum Gasteiger partial charge on any atom is 0.339 e. The minimum atomic E-state index is -1.09. The third-order valence-electron chi connectivity index (χ3n) is 6.84. The number of carbonyl (C=O) groups excluding carboxylic acids is 2. The molecule has 0 spiro atoms. The van der Waals surface area contributed by atoms with Gasteiger partial charge in [0.05, 0.1) is 28.0 Å². The maximum atomic E-state index is 13.6. The van der Waals surface area contributed by atoms with Crippen molar-refractivity contribution in [3.05, 3.63) is 94.7 Å². The molecular weight excluding hydrogens is 494 g/mol. The molecule has 1 atom stereocenters. The van der Waals surface area contributed by atoms with E-state index in [-0.39, 0.29) is 6.79 Å². The number of amides is 1. The van der Waals surface area contributed by atoms with Crippen LogP contribution in [0, 0.1) is 11.3 Å². The number of hydrogen-bond donors (Lipinski definition) is 1. The van der Waals surface area contributed by atoms with Gasteiger partial charge < -0.3 is 19.5 Å². The van der Waals surface area contributed by atoms with Crippen molar-refractivity contribution in [3.63, 3.8) is 0 Å². The van der Waals surface area contributed by atoms with Crippen molar-refractivity contribution in [3.8, 4) is 17.6 Å². The van der Waals surface area contributed by atoms with E-state index in [0.29, 0.717) is 52.1 Å². The van der Waals surface area contributed by atoms with Gasteiger partial charge >= 0.3 is 5.97 Å². The molecule has 8 nitrogen and oxygen atoms in total. The van der Waals surface area contributed by atoms with Gasteiger partial charge in [-0.15, -0.1) is 0 Å². The second kappa shape index (κ2) is 9.95. The highest BCUT2D eigenvalue weighted by molar-refractivity contribution is 6.08. The van der Waals surface area contributed by atoms with E-state index >= 15 is 0 Å². The molecule has 0 unspecified atom stereocenters. The Kier molecular flexibility index (Phi) is 6.17. The zero-order chi connectivity index (χ0) is 26.9. The van der Waals surface area contributed by atoms with Crippen LogP contribution in [0.15, 0.2) is 66.7 Å². The lowest BCUT2D eigenvalue weighted by atomic mass is 10.0. The molecule has 0 bridgehead atoms. The Balaban J connectivity index is 1.31. The molecule has 1 N–H and O–H groups in total. The maximum absolute atomic E-state index is 13.6. The summed E-state index contributed by atoms with van der Waals surface area (Å²) in [5.41, 5.74) is 5.27. The Morgan fingerprint density at radius 3 is 2.72 bits per heavy atom. The minimum absolute atomic E-state index is 0.207. The van der Waals surface area contributed by atoms with Crippen LogP contribution in [-0.4, -0.2) is 29.8 Å². The third-order valence-corrected chi connectivity index (χ3v) is 6.84. The van der Waals surface area contributed by atoms with Crippen LogP contribution in [0.4, 0.5) is 5.69 Å². The van der Waals surface area contributed by atoms with Crippen molar-refractivity contribution in [1.82, 2.24) is 4.98 Å². The van der Waals surface area contributed by atoms with Crippen molar-refractivity contribution in [2.45, 2.75) is 25.9 Å². The monoisotopic (exact) mass is 517 g/mol. The molecule has 0 saturated carbocycles. The van der Waals surface area contributed by atoms with Gasteiger partial charge in [-0.3, -0.25) is 4.79 Å². The number of pyridine rings is 1. The fourth-order valence-corrected chi connectivity index (χ4v) is 4.91. The Labute approximate surface area is 224 Å².